The topological polar surface area (TPSA) is 97.8 Å². The molecule has 3 N–H and O–H groups in total. The summed E-state index contributed by atoms with van der Waals surface area (Å²) < 4.78 is 33.3. The third-order valence-corrected chi connectivity index (χ3v) is 5.82. The second kappa shape index (κ2) is 7.41. The smallest absolute Gasteiger partial charge is 0.265 e. The van der Waals surface area contributed by atoms with Crippen molar-refractivity contribution in [1.29, 1.82) is 0 Å². The van der Waals surface area contributed by atoms with E-state index in [4.69, 9.17) is 4.55 Å². The van der Waals surface area contributed by atoms with Gasteiger partial charge in [-0.3, -0.25) is 4.55 Å². The summed E-state index contributed by atoms with van der Waals surface area (Å²) in [7, 11) is -4.02. The Morgan fingerprint density at radius 1 is 1.07 bits per heavy atom. The lowest BCUT2D eigenvalue weighted by Crippen LogP contribution is -2.28. The maximum absolute atomic E-state index is 11.1. The molecule has 0 spiro atoms. The number of phenolic OH excluding ortho intramolecular Hbond substituents is 2. The molecule has 148 valence electrons. The van der Waals surface area contributed by atoms with Crippen LogP contribution in [-0.2, 0) is 15.5 Å². The van der Waals surface area contributed by atoms with Crippen LogP contribution in [0.25, 0.3) is 6.08 Å². The van der Waals surface area contributed by atoms with E-state index in [-0.39, 0.29) is 29.1 Å². The number of hydrogen-bond acceptors (Lipinski definition) is 4. The Morgan fingerprint density at radius 3 is 2.46 bits per heavy atom. The number of benzene rings is 2. The van der Waals surface area contributed by atoms with Crippen molar-refractivity contribution in [3.8, 4) is 11.5 Å². The van der Waals surface area contributed by atoms with Crippen molar-refractivity contribution in [2.24, 2.45) is 0 Å². The van der Waals surface area contributed by atoms with E-state index in [1.54, 1.807) is 12.1 Å². The zero-order valence-electron chi connectivity index (χ0n) is 15.8. The van der Waals surface area contributed by atoms with Gasteiger partial charge in [0.05, 0.1) is 11.2 Å². The zero-order chi connectivity index (χ0) is 20.5. The largest absolute Gasteiger partial charge is 0.508 e. The van der Waals surface area contributed by atoms with E-state index < -0.39 is 10.1 Å². The van der Waals surface area contributed by atoms with Gasteiger partial charge in [0.15, 0.2) is 5.71 Å². The molecule has 2 aromatic rings. The van der Waals surface area contributed by atoms with E-state index >= 15 is 0 Å². The third-order valence-electron chi connectivity index (χ3n) is 5.02. The van der Waals surface area contributed by atoms with Crippen molar-refractivity contribution in [1.82, 2.24) is 0 Å². The summed E-state index contributed by atoms with van der Waals surface area (Å²) in [5.74, 6) is -0.340. The van der Waals surface area contributed by atoms with Gasteiger partial charge in [0.25, 0.3) is 10.1 Å². The summed E-state index contributed by atoms with van der Waals surface area (Å²) in [4.78, 5) is 0. The molecule has 0 saturated carbocycles. The molecule has 0 aromatic heterocycles. The van der Waals surface area contributed by atoms with Gasteiger partial charge in [-0.15, -0.1) is 0 Å². The summed E-state index contributed by atoms with van der Waals surface area (Å²) in [6.45, 7) is 4.61. The van der Waals surface area contributed by atoms with Gasteiger partial charge in [-0.1, -0.05) is 18.2 Å². The number of rotatable bonds is 6. The predicted molar refractivity (Wildman–Crippen MR) is 109 cm³/mol. The Morgan fingerprint density at radius 2 is 1.79 bits per heavy atom. The highest BCUT2D eigenvalue weighted by Gasteiger charge is 2.43. The lowest BCUT2D eigenvalue weighted by atomic mass is 9.81. The number of aromatic hydroxyl groups is 2. The molecule has 2 aromatic carbocycles. The van der Waals surface area contributed by atoms with Gasteiger partial charge in [0.2, 0.25) is 5.69 Å². The summed E-state index contributed by atoms with van der Waals surface area (Å²) in [5.41, 5.74) is 3.32. The number of hydrogen-bond donors (Lipinski definition) is 3. The Labute approximate surface area is 164 Å². The van der Waals surface area contributed by atoms with Crippen LogP contribution in [0.2, 0.25) is 0 Å². The van der Waals surface area contributed by atoms with Crippen molar-refractivity contribution in [3.63, 3.8) is 0 Å². The molecule has 6 nitrogen and oxygen atoms in total. The van der Waals surface area contributed by atoms with E-state index in [1.807, 2.05) is 30.3 Å². The number of phenols is 2. The van der Waals surface area contributed by atoms with Crippen LogP contribution in [0.5, 0.6) is 11.5 Å². The van der Waals surface area contributed by atoms with Gasteiger partial charge < -0.3 is 10.2 Å². The monoisotopic (exact) mass is 402 g/mol. The highest BCUT2D eigenvalue weighted by atomic mass is 32.2. The predicted octanol–water partition coefficient (Wildman–Crippen LogP) is 3.47. The number of fused-ring (bicyclic) bond motifs is 1. The average Bonchev–Trinajstić information content (AvgIpc) is 2.81. The fourth-order valence-electron chi connectivity index (χ4n) is 3.63. The first kappa shape index (κ1) is 20.1. The van der Waals surface area contributed by atoms with Crippen molar-refractivity contribution in [3.05, 3.63) is 59.7 Å². The van der Waals surface area contributed by atoms with E-state index in [0.29, 0.717) is 12.1 Å². The van der Waals surface area contributed by atoms with Gasteiger partial charge in [-0.05, 0) is 32.1 Å². The van der Waals surface area contributed by atoms with Gasteiger partial charge in [-0.25, -0.2) is 0 Å². The Hall–Kier alpha value is -2.64. The molecular weight excluding hydrogens is 378 g/mol. The van der Waals surface area contributed by atoms with Crippen LogP contribution in [-0.4, -0.2) is 45.8 Å². The molecule has 3 rings (SSSR count). The minimum atomic E-state index is -4.02. The average molecular weight is 402 g/mol. The van der Waals surface area contributed by atoms with Crippen molar-refractivity contribution in [2.75, 3.05) is 12.3 Å². The van der Waals surface area contributed by atoms with Gasteiger partial charge in [0.1, 0.15) is 18.0 Å². The molecule has 7 heteroatoms. The standard InChI is InChI=1S/C21H23NO5S/c1-21(2)17-6-3-4-7-18(17)22(12-5-13-28(25,26)27)20(21)11-9-15-8-10-16(23)14-19(15)24/h3-4,6-11,14H,5,12-13H2,1-2H3,(H2,23,24,25,26,27)/p+1. The normalized spacial score (nSPS) is 16.0. The van der Waals surface area contributed by atoms with Crippen LogP contribution in [0.3, 0.4) is 0 Å². The first-order chi connectivity index (χ1) is 13.1. The fourth-order valence-corrected chi connectivity index (χ4v) is 4.12. The molecule has 0 saturated heterocycles. The highest BCUT2D eigenvalue weighted by Crippen LogP contribution is 2.40. The van der Waals surface area contributed by atoms with E-state index in [1.165, 1.54) is 12.1 Å². The molecule has 1 heterocycles. The summed E-state index contributed by atoms with van der Waals surface area (Å²) >= 11 is 0. The van der Waals surface area contributed by atoms with Crippen LogP contribution < -0.4 is 0 Å². The highest BCUT2D eigenvalue weighted by molar-refractivity contribution is 7.85. The molecule has 0 fully saturated rings. The third kappa shape index (κ3) is 4.10. The van der Waals surface area contributed by atoms with Gasteiger partial charge in [-0.2, -0.15) is 13.0 Å². The van der Waals surface area contributed by atoms with Crippen LogP contribution >= 0.6 is 0 Å². The van der Waals surface area contributed by atoms with Crippen molar-refractivity contribution in [2.45, 2.75) is 25.7 Å². The van der Waals surface area contributed by atoms with Gasteiger partial charge >= 0.3 is 0 Å². The second-order valence-corrected chi connectivity index (χ2v) is 8.97. The molecule has 1 aliphatic heterocycles. The van der Waals surface area contributed by atoms with Crippen molar-refractivity contribution < 1.29 is 27.8 Å². The fraction of sp³-hybridized carbons (Fsp3) is 0.286. The Kier molecular flexibility index (Phi) is 5.32. The minimum absolute atomic E-state index is 0.0113. The Balaban J connectivity index is 2.01. The summed E-state index contributed by atoms with van der Waals surface area (Å²) in [6, 6.07) is 12.3. The van der Waals surface area contributed by atoms with Crippen LogP contribution in [0.1, 0.15) is 31.4 Å². The molecule has 0 aliphatic carbocycles. The second-order valence-electron chi connectivity index (χ2n) is 7.40. The molecule has 0 bridgehead atoms. The zero-order valence-corrected chi connectivity index (χ0v) is 16.6. The van der Waals surface area contributed by atoms with Crippen LogP contribution in [0.15, 0.2) is 48.5 Å². The van der Waals surface area contributed by atoms with E-state index in [0.717, 1.165) is 17.0 Å². The Bertz CT molecular complexity index is 1070. The maximum atomic E-state index is 11.1. The molecule has 0 radical (unpaired) electrons. The molecule has 28 heavy (non-hydrogen) atoms. The van der Waals surface area contributed by atoms with E-state index in [9.17, 15) is 18.6 Å². The SMILES string of the molecule is CC1(C)C(/C=C/c2ccc(O)cc2O)=[N+](CCCS(=O)(=O)O)c2ccccc21. The van der Waals surface area contributed by atoms with Crippen LogP contribution in [0, 0.1) is 0 Å². The molecule has 0 amide bonds. The van der Waals surface area contributed by atoms with Crippen LogP contribution in [0.4, 0.5) is 5.69 Å². The molecule has 0 atom stereocenters. The van der Waals surface area contributed by atoms with E-state index in [2.05, 4.69) is 18.4 Å². The molecule has 0 unspecified atom stereocenters. The summed E-state index contributed by atoms with van der Waals surface area (Å²) in [6.07, 6.45) is 3.96. The quantitative estimate of drug-likeness (QED) is 0.508. The first-order valence-electron chi connectivity index (χ1n) is 8.99. The van der Waals surface area contributed by atoms with Gasteiger partial charge in [0, 0.05) is 35.8 Å². The lowest BCUT2D eigenvalue weighted by molar-refractivity contribution is -0.437. The summed E-state index contributed by atoms with van der Waals surface area (Å²) in [5, 5.41) is 19.5. The number of allylic oxidation sites excluding steroid dienone is 1. The number of nitrogens with zero attached hydrogens (tertiary/aromatic N) is 1. The maximum Gasteiger partial charge on any atom is 0.265 e. The minimum Gasteiger partial charge on any atom is -0.508 e. The molecular formula is C21H24NO5S+. The number of para-hydroxylation sites is 1. The first-order valence-corrected chi connectivity index (χ1v) is 10.6. The molecule has 1 aliphatic rings. The van der Waals surface area contributed by atoms with Crippen molar-refractivity contribution >= 4 is 27.6 Å². The lowest BCUT2D eigenvalue weighted by Gasteiger charge is -2.15.